The van der Waals surface area contributed by atoms with Crippen molar-refractivity contribution in [2.45, 2.75) is 46.5 Å². The van der Waals surface area contributed by atoms with E-state index >= 15 is 0 Å². The molecule has 0 aliphatic rings. The maximum Gasteiger partial charge on any atom is 0.263 e. The highest BCUT2D eigenvalue weighted by atomic mass is 16.4. The van der Waals surface area contributed by atoms with Gasteiger partial charge in [-0.05, 0) is 42.5 Å². The first-order valence-corrected chi connectivity index (χ1v) is 9.71. The van der Waals surface area contributed by atoms with E-state index in [0.717, 1.165) is 29.7 Å². The Bertz CT molecular complexity index is 1060. The van der Waals surface area contributed by atoms with E-state index < -0.39 is 11.3 Å². The van der Waals surface area contributed by atoms with Crippen molar-refractivity contribution in [1.82, 2.24) is 0 Å². The van der Waals surface area contributed by atoms with E-state index in [1.807, 2.05) is 39.0 Å². The van der Waals surface area contributed by atoms with E-state index in [9.17, 15) is 14.7 Å². The summed E-state index contributed by atoms with van der Waals surface area (Å²) in [5.74, 6) is -0.285. The topological polar surface area (TPSA) is 79.5 Å². The Labute approximate surface area is 164 Å². The van der Waals surface area contributed by atoms with Crippen molar-refractivity contribution in [3.63, 3.8) is 0 Å². The second kappa shape index (κ2) is 8.30. The molecule has 28 heavy (non-hydrogen) atoms. The molecule has 1 amide bonds. The number of fused-ring (bicyclic) bond motifs is 1. The minimum absolute atomic E-state index is 0.00732. The number of phenolic OH excluding ortho intramolecular Hbond substituents is 1. The Morgan fingerprint density at radius 1 is 1.04 bits per heavy atom. The molecule has 0 spiro atoms. The number of carbonyl (C=O) groups excluding carboxylic acids is 1. The van der Waals surface area contributed by atoms with Gasteiger partial charge in [0, 0.05) is 12.1 Å². The van der Waals surface area contributed by atoms with Crippen LogP contribution in [0.5, 0.6) is 5.75 Å². The van der Waals surface area contributed by atoms with Crippen LogP contribution in [0.3, 0.4) is 0 Å². The van der Waals surface area contributed by atoms with Crippen molar-refractivity contribution in [3.05, 3.63) is 69.1 Å². The number of aryl methyl sites for hydroxylation is 3. The van der Waals surface area contributed by atoms with Gasteiger partial charge >= 0.3 is 0 Å². The highest BCUT2D eigenvalue weighted by molar-refractivity contribution is 6.07. The van der Waals surface area contributed by atoms with Crippen molar-refractivity contribution < 1.29 is 14.3 Å². The third kappa shape index (κ3) is 3.52. The van der Waals surface area contributed by atoms with Crippen LogP contribution in [0.1, 0.15) is 54.4 Å². The number of hydrogen-bond donors (Lipinski definition) is 2. The number of para-hydroxylation sites is 2. The summed E-state index contributed by atoms with van der Waals surface area (Å²) >= 11 is 0. The van der Waals surface area contributed by atoms with Gasteiger partial charge in [0.1, 0.15) is 11.3 Å². The number of hydrogen-bond acceptors (Lipinski definition) is 4. The fourth-order valence-electron chi connectivity index (χ4n) is 3.46. The molecule has 0 saturated carbocycles. The summed E-state index contributed by atoms with van der Waals surface area (Å²) in [5, 5.41) is 13.2. The van der Waals surface area contributed by atoms with Crippen LogP contribution in [-0.2, 0) is 19.3 Å². The number of amides is 1. The number of aromatic hydroxyl groups is 1. The second-order valence-corrected chi connectivity index (χ2v) is 6.75. The zero-order chi connectivity index (χ0) is 20.3. The third-order valence-electron chi connectivity index (χ3n) is 4.91. The molecular formula is C23H25NO4. The van der Waals surface area contributed by atoms with Crippen LogP contribution in [0.25, 0.3) is 11.0 Å². The molecule has 0 unspecified atom stereocenters. The van der Waals surface area contributed by atoms with Crippen LogP contribution < -0.4 is 10.7 Å². The summed E-state index contributed by atoms with van der Waals surface area (Å²) < 4.78 is 5.81. The molecule has 0 fully saturated rings. The van der Waals surface area contributed by atoms with Gasteiger partial charge in [0.15, 0.2) is 11.3 Å². The van der Waals surface area contributed by atoms with E-state index in [2.05, 4.69) is 5.32 Å². The van der Waals surface area contributed by atoms with Crippen LogP contribution in [0.2, 0.25) is 0 Å². The first kappa shape index (κ1) is 19.7. The lowest BCUT2D eigenvalue weighted by Gasteiger charge is -2.15. The molecule has 0 atom stereocenters. The van der Waals surface area contributed by atoms with E-state index in [-0.39, 0.29) is 22.3 Å². The highest BCUT2D eigenvalue weighted by Crippen LogP contribution is 2.27. The second-order valence-electron chi connectivity index (χ2n) is 6.75. The summed E-state index contributed by atoms with van der Waals surface area (Å²) in [6.45, 7) is 6.00. The zero-order valence-electron chi connectivity index (χ0n) is 16.5. The normalized spacial score (nSPS) is 11.0. The van der Waals surface area contributed by atoms with Crippen molar-refractivity contribution in [1.29, 1.82) is 0 Å². The van der Waals surface area contributed by atoms with Gasteiger partial charge < -0.3 is 14.8 Å². The van der Waals surface area contributed by atoms with E-state index in [4.69, 9.17) is 4.42 Å². The van der Waals surface area contributed by atoms with E-state index in [0.29, 0.717) is 18.6 Å². The van der Waals surface area contributed by atoms with Gasteiger partial charge in [0.2, 0.25) is 5.43 Å². The Balaban J connectivity index is 2.16. The summed E-state index contributed by atoms with van der Waals surface area (Å²) in [6, 6.07) is 10.5. The molecule has 0 radical (unpaired) electrons. The molecule has 2 aromatic carbocycles. The van der Waals surface area contributed by atoms with Gasteiger partial charge in [0.05, 0.1) is 5.39 Å². The van der Waals surface area contributed by atoms with Crippen molar-refractivity contribution >= 4 is 22.6 Å². The molecule has 5 nitrogen and oxygen atoms in total. The van der Waals surface area contributed by atoms with Gasteiger partial charge in [-0.15, -0.1) is 0 Å². The van der Waals surface area contributed by atoms with Crippen LogP contribution in [0.4, 0.5) is 5.69 Å². The number of rotatable bonds is 6. The number of phenols is 1. The van der Waals surface area contributed by atoms with Gasteiger partial charge in [-0.2, -0.15) is 0 Å². The summed E-state index contributed by atoms with van der Waals surface area (Å²) in [6.07, 6.45) is 2.67. The monoisotopic (exact) mass is 379 g/mol. The van der Waals surface area contributed by atoms with E-state index in [1.54, 1.807) is 12.1 Å². The number of nitrogens with one attached hydrogen (secondary N) is 1. The molecule has 146 valence electrons. The molecule has 1 heterocycles. The first-order valence-electron chi connectivity index (χ1n) is 9.71. The van der Waals surface area contributed by atoms with Gasteiger partial charge in [-0.25, -0.2) is 0 Å². The predicted octanol–water partition coefficient (Wildman–Crippen LogP) is 4.83. The van der Waals surface area contributed by atoms with Crippen LogP contribution >= 0.6 is 0 Å². The highest BCUT2D eigenvalue weighted by Gasteiger charge is 2.23. The minimum atomic E-state index is -0.474. The summed E-state index contributed by atoms with van der Waals surface area (Å²) in [7, 11) is 0. The fraction of sp³-hybridized carbons (Fsp3) is 0.304. The van der Waals surface area contributed by atoms with Crippen LogP contribution in [0.15, 0.2) is 45.6 Å². The Morgan fingerprint density at radius 2 is 1.68 bits per heavy atom. The maximum absolute atomic E-state index is 13.2. The quantitative estimate of drug-likeness (QED) is 0.643. The van der Waals surface area contributed by atoms with Crippen LogP contribution in [0, 0.1) is 0 Å². The number of anilines is 1. The standard InChI is InChI=1S/C23H25NO4/c1-4-9-18-19(21(26)16-12-8-13-17(25)22(16)28-18)23(27)24-20-14(5-2)10-7-11-15(20)6-3/h7-8,10-13,25H,4-6,9H2,1-3H3,(H,24,27). The molecule has 2 N–H and O–H groups in total. The van der Waals surface area contributed by atoms with Gasteiger partial charge in [-0.3, -0.25) is 9.59 Å². The molecule has 5 heteroatoms. The molecule has 0 aliphatic heterocycles. The molecule has 1 aromatic heterocycles. The molecule has 3 aromatic rings. The molecule has 0 bridgehead atoms. The van der Waals surface area contributed by atoms with Crippen molar-refractivity contribution in [2.24, 2.45) is 0 Å². The average Bonchev–Trinajstić information content (AvgIpc) is 2.69. The van der Waals surface area contributed by atoms with Crippen LogP contribution in [-0.4, -0.2) is 11.0 Å². The van der Waals surface area contributed by atoms with Gasteiger partial charge in [-0.1, -0.05) is 45.0 Å². The lowest BCUT2D eigenvalue weighted by atomic mass is 10.0. The maximum atomic E-state index is 13.2. The average molecular weight is 379 g/mol. The third-order valence-corrected chi connectivity index (χ3v) is 4.91. The minimum Gasteiger partial charge on any atom is -0.504 e. The fourth-order valence-corrected chi connectivity index (χ4v) is 3.46. The predicted molar refractivity (Wildman–Crippen MR) is 111 cm³/mol. The smallest absolute Gasteiger partial charge is 0.263 e. The molecule has 0 saturated heterocycles. The van der Waals surface area contributed by atoms with E-state index in [1.165, 1.54) is 6.07 Å². The largest absolute Gasteiger partial charge is 0.504 e. The SMILES string of the molecule is CCCc1oc2c(O)cccc2c(=O)c1C(=O)Nc1c(CC)cccc1CC. The zero-order valence-corrected chi connectivity index (χ0v) is 16.5. The Kier molecular flexibility index (Phi) is 5.83. The van der Waals surface area contributed by atoms with Crippen molar-refractivity contribution in [2.75, 3.05) is 5.32 Å². The Morgan fingerprint density at radius 3 is 2.29 bits per heavy atom. The molecular weight excluding hydrogens is 354 g/mol. The molecule has 3 rings (SSSR count). The van der Waals surface area contributed by atoms with Crippen molar-refractivity contribution in [3.8, 4) is 5.75 Å². The summed E-state index contributed by atoms with van der Waals surface area (Å²) in [5.41, 5.74) is 2.50. The van der Waals surface area contributed by atoms with Gasteiger partial charge in [0.25, 0.3) is 5.91 Å². The summed E-state index contributed by atoms with van der Waals surface area (Å²) in [4.78, 5) is 26.2. The molecule has 0 aliphatic carbocycles. The number of carbonyl (C=O) groups is 1. The first-order chi connectivity index (χ1) is 13.5. The lowest BCUT2D eigenvalue weighted by molar-refractivity contribution is 0.102. The number of benzene rings is 2. The lowest BCUT2D eigenvalue weighted by Crippen LogP contribution is -2.25. The Hall–Kier alpha value is -3.08.